The van der Waals surface area contributed by atoms with Crippen molar-refractivity contribution < 1.29 is 8.81 Å². The Morgan fingerprint density at radius 1 is 1.47 bits per heavy atom. The number of rotatable bonds is 2. The molecule has 0 unspecified atom stereocenters. The lowest BCUT2D eigenvalue weighted by Crippen LogP contribution is -1.83. The average Bonchev–Trinajstić information content (AvgIpc) is 2.70. The number of alkyl halides is 1. The van der Waals surface area contributed by atoms with E-state index in [1.165, 1.54) is 18.4 Å². The summed E-state index contributed by atoms with van der Waals surface area (Å²) >= 11 is 8.89. The van der Waals surface area contributed by atoms with Crippen molar-refractivity contribution in [1.82, 2.24) is 4.98 Å². The summed E-state index contributed by atoms with van der Waals surface area (Å²) in [5.74, 6) is 0.298. The van der Waals surface area contributed by atoms with E-state index in [-0.39, 0.29) is 11.7 Å². The monoisotopic (exact) mass is 289 g/mol. The number of oxazole rings is 1. The van der Waals surface area contributed by atoms with Gasteiger partial charge in [0.15, 0.2) is 0 Å². The Morgan fingerprint density at radius 3 is 2.93 bits per heavy atom. The largest absolute Gasteiger partial charge is 0.444 e. The second kappa shape index (κ2) is 4.33. The van der Waals surface area contributed by atoms with E-state index in [2.05, 4.69) is 20.9 Å². The average molecular weight is 291 g/mol. The van der Waals surface area contributed by atoms with E-state index in [0.717, 1.165) is 4.47 Å². The third-order valence-corrected chi connectivity index (χ3v) is 2.81. The van der Waals surface area contributed by atoms with Crippen molar-refractivity contribution in [3.63, 3.8) is 0 Å². The first-order valence-corrected chi connectivity index (χ1v) is 5.49. The molecule has 2 nitrogen and oxygen atoms in total. The van der Waals surface area contributed by atoms with Crippen LogP contribution in [0.3, 0.4) is 0 Å². The first-order chi connectivity index (χ1) is 7.20. The predicted molar refractivity (Wildman–Crippen MR) is 59.2 cm³/mol. The van der Waals surface area contributed by atoms with Crippen LogP contribution >= 0.6 is 27.5 Å². The van der Waals surface area contributed by atoms with Gasteiger partial charge in [0.1, 0.15) is 12.1 Å². The summed E-state index contributed by atoms with van der Waals surface area (Å²) in [5.41, 5.74) is 1.20. The zero-order chi connectivity index (χ0) is 10.8. The first-order valence-electron chi connectivity index (χ1n) is 4.16. The molecule has 15 heavy (non-hydrogen) atoms. The van der Waals surface area contributed by atoms with Gasteiger partial charge in [-0.1, -0.05) is 0 Å². The predicted octanol–water partition coefficient (Wildman–Crippen LogP) is 3.98. The van der Waals surface area contributed by atoms with Gasteiger partial charge in [0.2, 0.25) is 5.89 Å². The standard InChI is InChI=1S/C10H6BrClFNO/c11-9-2-1-6(13)3-8(9)10-14-7(4-12)5-15-10/h1-3,5H,4H2. The molecule has 0 N–H and O–H groups in total. The zero-order valence-electron chi connectivity index (χ0n) is 7.51. The topological polar surface area (TPSA) is 26.0 Å². The van der Waals surface area contributed by atoms with Crippen LogP contribution in [0.1, 0.15) is 5.69 Å². The van der Waals surface area contributed by atoms with Crippen LogP contribution in [0.2, 0.25) is 0 Å². The maximum Gasteiger partial charge on any atom is 0.227 e. The Bertz CT molecular complexity index is 486. The molecule has 0 bridgehead atoms. The summed E-state index contributed by atoms with van der Waals surface area (Å²) in [4.78, 5) is 4.11. The van der Waals surface area contributed by atoms with Crippen molar-refractivity contribution in [1.29, 1.82) is 0 Å². The Morgan fingerprint density at radius 2 is 2.27 bits per heavy atom. The fourth-order valence-electron chi connectivity index (χ4n) is 1.15. The lowest BCUT2D eigenvalue weighted by molar-refractivity contribution is 0.571. The summed E-state index contributed by atoms with van der Waals surface area (Å²) in [7, 11) is 0. The van der Waals surface area contributed by atoms with Crippen LogP contribution in [0.4, 0.5) is 4.39 Å². The van der Waals surface area contributed by atoms with Crippen LogP contribution in [-0.2, 0) is 5.88 Å². The molecule has 0 aliphatic rings. The molecule has 1 aromatic carbocycles. The van der Waals surface area contributed by atoms with Crippen LogP contribution < -0.4 is 0 Å². The molecular weight excluding hydrogens is 284 g/mol. The van der Waals surface area contributed by atoms with Crippen molar-refractivity contribution in [2.24, 2.45) is 0 Å². The summed E-state index contributed by atoms with van der Waals surface area (Å²) in [6.07, 6.45) is 1.46. The minimum Gasteiger partial charge on any atom is -0.444 e. The Kier molecular flexibility index (Phi) is 3.07. The zero-order valence-corrected chi connectivity index (χ0v) is 9.85. The molecule has 0 spiro atoms. The summed E-state index contributed by atoms with van der Waals surface area (Å²) in [5, 5.41) is 0. The molecule has 0 aliphatic carbocycles. The second-order valence-electron chi connectivity index (χ2n) is 2.90. The quantitative estimate of drug-likeness (QED) is 0.782. The van der Waals surface area contributed by atoms with Gasteiger partial charge in [-0.3, -0.25) is 0 Å². The van der Waals surface area contributed by atoms with Crippen LogP contribution in [-0.4, -0.2) is 4.98 Å². The Hall–Kier alpha value is -0.870. The maximum atomic E-state index is 13.0. The smallest absolute Gasteiger partial charge is 0.227 e. The molecule has 2 rings (SSSR count). The second-order valence-corrected chi connectivity index (χ2v) is 4.02. The van der Waals surface area contributed by atoms with E-state index < -0.39 is 0 Å². The molecule has 78 valence electrons. The fourth-order valence-corrected chi connectivity index (χ4v) is 1.69. The third-order valence-electron chi connectivity index (χ3n) is 1.85. The number of hydrogen-bond donors (Lipinski definition) is 0. The van der Waals surface area contributed by atoms with Crippen molar-refractivity contribution in [3.05, 3.63) is 40.4 Å². The van der Waals surface area contributed by atoms with Crippen LogP contribution in [0, 0.1) is 5.82 Å². The molecule has 5 heteroatoms. The molecule has 0 radical (unpaired) electrons. The summed E-state index contributed by atoms with van der Waals surface area (Å²) < 4.78 is 18.9. The van der Waals surface area contributed by atoms with Gasteiger partial charge in [-0.15, -0.1) is 11.6 Å². The summed E-state index contributed by atoms with van der Waals surface area (Å²) in [6, 6.07) is 4.32. The SMILES string of the molecule is Fc1ccc(Br)c(-c2nc(CCl)co2)c1. The van der Waals surface area contributed by atoms with Gasteiger partial charge in [-0.25, -0.2) is 9.37 Å². The minimum atomic E-state index is -0.334. The number of benzene rings is 1. The van der Waals surface area contributed by atoms with Gasteiger partial charge < -0.3 is 4.42 Å². The molecule has 0 fully saturated rings. The van der Waals surface area contributed by atoms with Crippen LogP contribution in [0.5, 0.6) is 0 Å². The van der Waals surface area contributed by atoms with E-state index >= 15 is 0 Å². The molecule has 0 amide bonds. The van der Waals surface area contributed by atoms with Gasteiger partial charge in [0.05, 0.1) is 17.1 Å². The summed E-state index contributed by atoms with van der Waals surface area (Å²) in [6.45, 7) is 0. The van der Waals surface area contributed by atoms with Crippen LogP contribution in [0.25, 0.3) is 11.5 Å². The highest BCUT2D eigenvalue weighted by Crippen LogP contribution is 2.28. The lowest BCUT2D eigenvalue weighted by atomic mass is 10.2. The minimum absolute atomic E-state index is 0.274. The number of nitrogens with zero attached hydrogens (tertiary/aromatic N) is 1. The molecule has 0 saturated carbocycles. The fraction of sp³-hybridized carbons (Fsp3) is 0.100. The van der Waals surface area contributed by atoms with Crippen molar-refractivity contribution in [3.8, 4) is 11.5 Å². The van der Waals surface area contributed by atoms with Gasteiger partial charge in [-0.05, 0) is 34.1 Å². The molecular formula is C10H6BrClFNO. The number of halogens is 3. The Labute approximate surface area is 99.2 Å². The first kappa shape index (κ1) is 10.6. The highest BCUT2D eigenvalue weighted by atomic mass is 79.9. The highest BCUT2D eigenvalue weighted by molar-refractivity contribution is 9.10. The number of hydrogen-bond acceptors (Lipinski definition) is 2. The molecule has 0 aliphatic heterocycles. The highest BCUT2D eigenvalue weighted by Gasteiger charge is 2.10. The van der Waals surface area contributed by atoms with Crippen LogP contribution in [0.15, 0.2) is 33.4 Å². The van der Waals surface area contributed by atoms with Crippen molar-refractivity contribution in [2.75, 3.05) is 0 Å². The van der Waals surface area contributed by atoms with Crippen molar-refractivity contribution >= 4 is 27.5 Å². The lowest BCUT2D eigenvalue weighted by Gasteiger charge is -1.98. The van der Waals surface area contributed by atoms with Gasteiger partial charge in [0, 0.05) is 4.47 Å². The Balaban J connectivity index is 2.48. The molecule has 1 heterocycles. The third kappa shape index (κ3) is 2.21. The molecule has 1 aromatic heterocycles. The van der Waals surface area contributed by atoms with Gasteiger partial charge >= 0.3 is 0 Å². The maximum absolute atomic E-state index is 13.0. The van der Waals surface area contributed by atoms with E-state index in [0.29, 0.717) is 17.1 Å². The van der Waals surface area contributed by atoms with E-state index in [1.54, 1.807) is 6.07 Å². The molecule has 2 aromatic rings. The number of aromatic nitrogens is 1. The van der Waals surface area contributed by atoms with E-state index in [4.69, 9.17) is 16.0 Å². The van der Waals surface area contributed by atoms with Gasteiger partial charge in [0.25, 0.3) is 0 Å². The van der Waals surface area contributed by atoms with E-state index in [9.17, 15) is 4.39 Å². The van der Waals surface area contributed by atoms with Crippen molar-refractivity contribution in [2.45, 2.75) is 5.88 Å². The van der Waals surface area contributed by atoms with E-state index in [1.807, 2.05) is 0 Å². The van der Waals surface area contributed by atoms with Gasteiger partial charge in [-0.2, -0.15) is 0 Å². The molecule has 0 atom stereocenters. The normalized spacial score (nSPS) is 10.6. The molecule has 0 saturated heterocycles.